The average Bonchev–Trinajstić information content (AvgIpc) is 2.91. The van der Waals surface area contributed by atoms with Crippen molar-refractivity contribution in [3.05, 3.63) is 53.9 Å². The number of carbonyl (C=O) groups excluding carboxylic acids is 1. The first kappa shape index (κ1) is 17.5. The number of pyridine rings is 1. The molecule has 1 fully saturated rings. The van der Waals surface area contributed by atoms with E-state index in [1.165, 1.54) is 18.4 Å². The third kappa shape index (κ3) is 4.38. The van der Waals surface area contributed by atoms with Gasteiger partial charge in [0.2, 0.25) is 0 Å². The maximum absolute atomic E-state index is 12.8. The van der Waals surface area contributed by atoms with E-state index in [1.54, 1.807) is 6.20 Å². The van der Waals surface area contributed by atoms with Gasteiger partial charge in [0.15, 0.2) is 0 Å². The SMILES string of the molecule is CC(C)c1ccccc1Nc1ccnc(C(=O)N2CCCCCC2)c1. The van der Waals surface area contributed by atoms with Crippen molar-refractivity contribution in [3.8, 4) is 0 Å². The molecule has 2 heterocycles. The molecule has 1 aromatic carbocycles. The topological polar surface area (TPSA) is 45.2 Å². The predicted octanol–water partition coefficient (Wildman–Crippen LogP) is 4.96. The zero-order valence-corrected chi connectivity index (χ0v) is 15.2. The van der Waals surface area contributed by atoms with E-state index in [1.807, 2.05) is 23.1 Å². The first-order valence-electron chi connectivity index (χ1n) is 9.26. The number of rotatable bonds is 4. The summed E-state index contributed by atoms with van der Waals surface area (Å²) in [6.45, 7) is 6.05. The van der Waals surface area contributed by atoms with Gasteiger partial charge in [-0.05, 0) is 42.5 Å². The lowest BCUT2D eigenvalue weighted by Crippen LogP contribution is -2.32. The smallest absolute Gasteiger partial charge is 0.272 e. The third-order valence-corrected chi connectivity index (χ3v) is 4.73. The Labute approximate surface area is 150 Å². The fourth-order valence-electron chi connectivity index (χ4n) is 3.33. The van der Waals surface area contributed by atoms with E-state index >= 15 is 0 Å². The summed E-state index contributed by atoms with van der Waals surface area (Å²) in [5.74, 6) is 0.478. The highest BCUT2D eigenvalue weighted by atomic mass is 16.2. The zero-order valence-electron chi connectivity index (χ0n) is 15.2. The van der Waals surface area contributed by atoms with Crippen LogP contribution >= 0.6 is 0 Å². The Morgan fingerprint density at radius 2 is 1.80 bits per heavy atom. The monoisotopic (exact) mass is 337 g/mol. The molecule has 0 aliphatic carbocycles. The van der Waals surface area contributed by atoms with Gasteiger partial charge in [-0.25, -0.2) is 0 Å². The number of carbonyl (C=O) groups is 1. The molecule has 1 aliphatic heterocycles. The number of nitrogens with one attached hydrogen (secondary N) is 1. The maximum Gasteiger partial charge on any atom is 0.272 e. The molecule has 2 aromatic rings. The molecule has 1 N–H and O–H groups in total. The Kier molecular flexibility index (Phi) is 5.69. The van der Waals surface area contributed by atoms with E-state index in [9.17, 15) is 4.79 Å². The summed E-state index contributed by atoms with van der Waals surface area (Å²) in [5.41, 5.74) is 3.77. The van der Waals surface area contributed by atoms with Gasteiger partial charge in [-0.3, -0.25) is 9.78 Å². The number of amides is 1. The Bertz CT molecular complexity index is 719. The molecule has 0 unspecified atom stereocenters. The largest absolute Gasteiger partial charge is 0.355 e. The van der Waals surface area contributed by atoms with Crippen LogP contribution in [0.1, 0.15) is 61.5 Å². The second-order valence-corrected chi connectivity index (χ2v) is 7.00. The number of para-hydroxylation sites is 1. The minimum atomic E-state index is 0.0442. The number of hydrogen-bond acceptors (Lipinski definition) is 3. The molecule has 0 radical (unpaired) electrons. The molecule has 1 saturated heterocycles. The quantitative estimate of drug-likeness (QED) is 0.857. The van der Waals surface area contributed by atoms with E-state index in [-0.39, 0.29) is 5.91 Å². The van der Waals surface area contributed by atoms with Crippen molar-refractivity contribution in [1.82, 2.24) is 9.88 Å². The van der Waals surface area contributed by atoms with E-state index in [0.29, 0.717) is 11.6 Å². The van der Waals surface area contributed by atoms with Crippen molar-refractivity contribution in [3.63, 3.8) is 0 Å². The van der Waals surface area contributed by atoms with E-state index in [2.05, 4.69) is 42.3 Å². The highest BCUT2D eigenvalue weighted by Crippen LogP contribution is 2.27. The van der Waals surface area contributed by atoms with E-state index in [0.717, 1.165) is 37.3 Å². The Hall–Kier alpha value is -2.36. The summed E-state index contributed by atoms with van der Waals surface area (Å²) in [4.78, 5) is 19.0. The van der Waals surface area contributed by atoms with Crippen LogP contribution in [0.2, 0.25) is 0 Å². The van der Waals surface area contributed by atoms with Crippen LogP contribution in [0.3, 0.4) is 0 Å². The molecule has 0 saturated carbocycles. The van der Waals surface area contributed by atoms with Gasteiger partial charge < -0.3 is 10.2 Å². The molecule has 0 spiro atoms. The fourth-order valence-corrected chi connectivity index (χ4v) is 3.33. The van der Waals surface area contributed by atoms with E-state index in [4.69, 9.17) is 0 Å². The van der Waals surface area contributed by atoms with Gasteiger partial charge >= 0.3 is 0 Å². The molecule has 3 rings (SSSR count). The third-order valence-electron chi connectivity index (χ3n) is 4.73. The van der Waals surface area contributed by atoms with Gasteiger partial charge in [0.1, 0.15) is 5.69 Å². The van der Waals surface area contributed by atoms with Crippen molar-refractivity contribution in [2.24, 2.45) is 0 Å². The van der Waals surface area contributed by atoms with Crippen LogP contribution in [0.5, 0.6) is 0 Å². The highest BCUT2D eigenvalue weighted by Gasteiger charge is 2.18. The molecule has 0 bridgehead atoms. The molecule has 4 heteroatoms. The average molecular weight is 337 g/mol. The highest BCUT2D eigenvalue weighted by molar-refractivity contribution is 5.93. The lowest BCUT2D eigenvalue weighted by Gasteiger charge is -2.20. The minimum Gasteiger partial charge on any atom is -0.355 e. The summed E-state index contributed by atoms with van der Waals surface area (Å²) >= 11 is 0. The van der Waals surface area contributed by atoms with Crippen molar-refractivity contribution in [1.29, 1.82) is 0 Å². The normalized spacial score (nSPS) is 15.1. The van der Waals surface area contributed by atoms with Gasteiger partial charge in [0, 0.05) is 30.7 Å². The van der Waals surface area contributed by atoms with Crippen LogP contribution in [0.25, 0.3) is 0 Å². The van der Waals surface area contributed by atoms with Crippen molar-refractivity contribution in [2.45, 2.75) is 45.4 Å². The lowest BCUT2D eigenvalue weighted by molar-refractivity contribution is 0.0756. The molecular weight excluding hydrogens is 310 g/mol. The fraction of sp³-hybridized carbons (Fsp3) is 0.429. The van der Waals surface area contributed by atoms with Crippen molar-refractivity contribution < 1.29 is 4.79 Å². The number of aromatic nitrogens is 1. The van der Waals surface area contributed by atoms with Crippen molar-refractivity contribution in [2.75, 3.05) is 18.4 Å². The maximum atomic E-state index is 12.8. The number of hydrogen-bond donors (Lipinski definition) is 1. The number of likely N-dealkylation sites (tertiary alicyclic amines) is 1. The van der Waals surface area contributed by atoms with Crippen LogP contribution < -0.4 is 5.32 Å². The molecule has 25 heavy (non-hydrogen) atoms. The van der Waals surface area contributed by atoms with Gasteiger partial charge in [0.05, 0.1) is 0 Å². The van der Waals surface area contributed by atoms with Crippen LogP contribution in [-0.2, 0) is 0 Å². The minimum absolute atomic E-state index is 0.0442. The van der Waals surface area contributed by atoms with Crippen LogP contribution in [-0.4, -0.2) is 28.9 Å². The van der Waals surface area contributed by atoms with Crippen molar-refractivity contribution >= 4 is 17.3 Å². The first-order chi connectivity index (χ1) is 12.1. The number of anilines is 2. The number of nitrogens with zero attached hydrogens (tertiary/aromatic N) is 2. The lowest BCUT2D eigenvalue weighted by atomic mass is 10.0. The molecular formula is C21H27N3O. The molecule has 1 aliphatic rings. The number of benzene rings is 1. The van der Waals surface area contributed by atoms with Gasteiger partial charge in [-0.2, -0.15) is 0 Å². The second-order valence-electron chi connectivity index (χ2n) is 7.00. The van der Waals surface area contributed by atoms with Crippen LogP contribution in [0.4, 0.5) is 11.4 Å². The molecule has 1 aromatic heterocycles. The standard InChI is InChI=1S/C21H27N3O/c1-16(2)18-9-5-6-10-19(18)23-17-11-12-22-20(15-17)21(25)24-13-7-3-4-8-14-24/h5-6,9-12,15-16H,3-4,7-8,13-14H2,1-2H3,(H,22,23). The van der Waals surface area contributed by atoms with Crippen LogP contribution in [0.15, 0.2) is 42.6 Å². The van der Waals surface area contributed by atoms with Gasteiger partial charge in [0.25, 0.3) is 5.91 Å². The summed E-state index contributed by atoms with van der Waals surface area (Å²) < 4.78 is 0. The zero-order chi connectivity index (χ0) is 17.6. The van der Waals surface area contributed by atoms with Gasteiger partial charge in [-0.1, -0.05) is 44.9 Å². The summed E-state index contributed by atoms with van der Waals surface area (Å²) in [6.07, 6.45) is 6.32. The first-order valence-corrected chi connectivity index (χ1v) is 9.26. The van der Waals surface area contributed by atoms with Gasteiger partial charge in [-0.15, -0.1) is 0 Å². The summed E-state index contributed by atoms with van der Waals surface area (Å²) in [7, 11) is 0. The van der Waals surface area contributed by atoms with Crippen LogP contribution in [0, 0.1) is 0 Å². The summed E-state index contributed by atoms with van der Waals surface area (Å²) in [6, 6.07) is 12.1. The molecule has 132 valence electrons. The summed E-state index contributed by atoms with van der Waals surface area (Å²) in [5, 5.41) is 3.45. The molecule has 0 atom stereocenters. The predicted molar refractivity (Wildman–Crippen MR) is 102 cm³/mol. The Morgan fingerprint density at radius 1 is 1.08 bits per heavy atom. The second kappa shape index (κ2) is 8.15. The Balaban J connectivity index is 1.79. The Morgan fingerprint density at radius 3 is 2.52 bits per heavy atom. The molecule has 1 amide bonds. The molecule has 4 nitrogen and oxygen atoms in total. The van der Waals surface area contributed by atoms with E-state index < -0.39 is 0 Å².